The molecule has 282 valence electrons. The molecule has 0 bridgehead atoms. The molecule has 0 spiro atoms. The molecule has 8 aromatic carbocycles. The van der Waals surface area contributed by atoms with Gasteiger partial charge in [0.1, 0.15) is 0 Å². The van der Waals surface area contributed by atoms with Crippen molar-refractivity contribution in [2.75, 3.05) is 4.90 Å². The molecule has 3 heteroatoms. The first-order valence-electron chi connectivity index (χ1n) is 20.6. The molecular weight excluding hydrogens is 751 g/mol. The molecule has 0 radical (unpaired) electrons. The van der Waals surface area contributed by atoms with Gasteiger partial charge in [-0.15, -0.1) is 22.7 Å². The minimum absolute atomic E-state index is 0.0621. The molecule has 2 aromatic heterocycles. The van der Waals surface area contributed by atoms with Crippen molar-refractivity contribution in [3.8, 4) is 43.8 Å². The maximum absolute atomic E-state index is 2.44. The van der Waals surface area contributed by atoms with E-state index in [9.17, 15) is 0 Å². The number of anilines is 3. The standard InChI is InChI=1S/C56H41NS2/c1-55(2)47-14-8-5-11-41(47)42-29-27-40(33-49(42)55)57(38-23-17-34(18-24-38)36-22-30-52-46(31-36)43-12-6-9-15-50(43)58-52)39-25-19-35(20-26-39)37-21-28-44-48(32-37)56(3,4)53-45-13-7-10-16-51(45)59-54(44)53/h5-33H,1-4H3. The van der Waals surface area contributed by atoms with Crippen molar-refractivity contribution in [3.63, 3.8) is 0 Å². The molecule has 0 N–H and O–H groups in total. The van der Waals surface area contributed by atoms with Crippen molar-refractivity contribution in [2.45, 2.75) is 38.5 Å². The summed E-state index contributed by atoms with van der Waals surface area (Å²) in [6.45, 7) is 9.52. The molecule has 0 unspecified atom stereocenters. The lowest BCUT2D eigenvalue weighted by atomic mass is 9.80. The molecule has 0 fully saturated rings. The Morgan fingerprint density at radius 2 is 0.881 bits per heavy atom. The van der Waals surface area contributed by atoms with E-state index in [1.54, 1.807) is 0 Å². The number of thiophene rings is 2. The SMILES string of the molecule is CC1(C)c2ccccc2-c2ccc(N(c3ccc(-c4ccc5c(c4)C(C)(C)c4c-5sc5ccccc45)cc3)c3ccc(-c4ccc5sc6ccccc6c5c4)cc3)cc21. The summed E-state index contributed by atoms with van der Waals surface area (Å²) in [6.07, 6.45) is 0. The van der Waals surface area contributed by atoms with Gasteiger partial charge in [-0.2, -0.15) is 0 Å². The first-order valence-corrected chi connectivity index (χ1v) is 22.2. The average Bonchev–Trinajstić information content (AvgIpc) is 3.97. The van der Waals surface area contributed by atoms with Crippen LogP contribution in [0.5, 0.6) is 0 Å². The summed E-state index contributed by atoms with van der Waals surface area (Å²) in [4.78, 5) is 3.85. The normalized spacial score (nSPS) is 14.4. The van der Waals surface area contributed by atoms with Crippen LogP contribution < -0.4 is 4.90 Å². The summed E-state index contributed by atoms with van der Waals surface area (Å²) in [7, 11) is 0. The molecule has 2 aliphatic carbocycles. The lowest BCUT2D eigenvalue weighted by Gasteiger charge is -2.28. The van der Waals surface area contributed by atoms with Gasteiger partial charge in [0.25, 0.3) is 0 Å². The van der Waals surface area contributed by atoms with Gasteiger partial charge in [-0.1, -0.05) is 137 Å². The molecule has 0 saturated heterocycles. The second-order valence-corrected chi connectivity index (χ2v) is 19.5. The average molecular weight is 792 g/mol. The van der Waals surface area contributed by atoms with Crippen LogP contribution in [-0.2, 0) is 10.8 Å². The van der Waals surface area contributed by atoms with Crippen molar-refractivity contribution in [2.24, 2.45) is 0 Å². The Balaban J connectivity index is 0.938. The van der Waals surface area contributed by atoms with Crippen LogP contribution in [0.25, 0.3) is 74.1 Å². The number of rotatable bonds is 5. The number of hydrogen-bond acceptors (Lipinski definition) is 3. The van der Waals surface area contributed by atoms with Gasteiger partial charge in [0.05, 0.1) is 0 Å². The highest BCUT2D eigenvalue weighted by atomic mass is 32.1. The maximum atomic E-state index is 2.44. The second kappa shape index (κ2) is 12.6. The highest BCUT2D eigenvalue weighted by molar-refractivity contribution is 7.25. The van der Waals surface area contributed by atoms with Crippen LogP contribution >= 0.6 is 22.7 Å². The first-order chi connectivity index (χ1) is 28.7. The number of hydrogen-bond donors (Lipinski definition) is 0. The fourth-order valence-electron chi connectivity index (χ4n) is 10.2. The van der Waals surface area contributed by atoms with Crippen LogP contribution in [0.2, 0.25) is 0 Å². The van der Waals surface area contributed by atoms with Crippen molar-refractivity contribution in [1.29, 1.82) is 0 Å². The smallest absolute Gasteiger partial charge is 0.0465 e. The fourth-order valence-corrected chi connectivity index (χ4v) is 12.7. The minimum Gasteiger partial charge on any atom is -0.310 e. The van der Waals surface area contributed by atoms with E-state index in [4.69, 9.17) is 0 Å². The largest absolute Gasteiger partial charge is 0.310 e. The van der Waals surface area contributed by atoms with E-state index in [0.29, 0.717) is 0 Å². The Labute approximate surface area is 353 Å². The van der Waals surface area contributed by atoms with Gasteiger partial charge in [0, 0.05) is 57.6 Å². The molecular formula is C56H41NS2. The van der Waals surface area contributed by atoms with Crippen molar-refractivity contribution < 1.29 is 0 Å². The topological polar surface area (TPSA) is 3.24 Å². The van der Waals surface area contributed by atoms with Crippen molar-refractivity contribution >= 4 is 70.0 Å². The van der Waals surface area contributed by atoms with E-state index in [0.717, 1.165) is 17.1 Å². The zero-order chi connectivity index (χ0) is 39.6. The third-order valence-corrected chi connectivity index (χ3v) is 15.6. The van der Waals surface area contributed by atoms with E-state index in [-0.39, 0.29) is 10.8 Å². The van der Waals surface area contributed by atoms with Gasteiger partial charge >= 0.3 is 0 Å². The molecule has 1 nitrogen and oxygen atoms in total. The highest BCUT2D eigenvalue weighted by Crippen LogP contribution is 2.56. The van der Waals surface area contributed by atoms with Crippen LogP contribution in [0.4, 0.5) is 17.1 Å². The van der Waals surface area contributed by atoms with Gasteiger partial charge in [-0.3, -0.25) is 0 Å². The summed E-state index contributed by atoms with van der Waals surface area (Å²) in [5.74, 6) is 0. The summed E-state index contributed by atoms with van der Waals surface area (Å²) >= 11 is 3.80. The summed E-state index contributed by atoms with van der Waals surface area (Å²) in [6, 6.07) is 66.0. The fraction of sp³-hybridized carbons (Fsp3) is 0.107. The quantitative estimate of drug-likeness (QED) is 0.168. The van der Waals surface area contributed by atoms with Gasteiger partial charge in [-0.05, 0) is 133 Å². The minimum atomic E-state index is -0.0945. The lowest BCUT2D eigenvalue weighted by molar-refractivity contribution is 0.660. The number of nitrogens with zero attached hydrogens (tertiary/aromatic N) is 1. The zero-order valence-corrected chi connectivity index (χ0v) is 35.1. The van der Waals surface area contributed by atoms with Crippen molar-refractivity contribution in [1.82, 2.24) is 0 Å². The third kappa shape index (κ3) is 5.14. The molecule has 2 heterocycles. The van der Waals surface area contributed by atoms with Crippen molar-refractivity contribution in [3.05, 3.63) is 198 Å². The van der Waals surface area contributed by atoms with Gasteiger partial charge in [0.2, 0.25) is 0 Å². The van der Waals surface area contributed by atoms with Crippen LogP contribution in [-0.4, -0.2) is 0 Å². The number of benzene rings is 8. The Bertz CT molecular complexity index is 3320. The first kappa shape index (κ1) is 34.8. The molecule has 12 rings (SSSR count). The predicted molar refractivity (Wildman–Crippen MR) is 255 cm³/mol. The molecule has 59 heavy (non-hydrogen) atoms. The molecule has 0 atom stereocenters. The Hall–Kier alpha value is -6.26. The highest BCUT2D eigenvalue weighted by Gasteiger charge is 2.39. The van der Waals surface area contributed by atoms with E-state index in [2.05, 4.69) is 209 Å². The second-order valence-electron chi connectivity index (χ2n) is 17.3. The zero-order valence-electron chi connectivity index (χ0n) is 33.5. The van der Waals surface area contributed by atoms with Crippen LogP contribution in [0.1, 0.15) is 49.9 Å². The lowest BCUT2D eigenvalue weighted by Crippen LogP contribution is -2.16. The Kier molecular flexibility index (Phi) is 7.43. The molecule has 0 aliphatic heterocycles. The van der Waals surface area contributed by atoms with E-state index in [1.807, 2.05) is 22.7 Å². The monoisotopic (exact) mass is 791 g/mol. The Morgan fingerprint density at radius 1 is 0.356 bits per heavy atom. The summed E-state index contributed by atoms with van der Waals surface area (Å²) < 4.78 is 4.04. The van der Waals surface area contributed by atoms with Crippen LogP contribution in [0, 0.1) is 0 Å². The molecule has 2 aliphatic rings. The van der Waals surface area contributed by atoms with Gasteiger partial charge < -0.3 is 4.90 Å². The molecule has 0 saturated carbocycles. The molecule has 0 amide bonds. The van der Waals surface area contributed by atoms with Gasteiger partial charge in [-0.25, -0.2) is 0 Å². The van der Waals surface area contributed by atoms with E-state index in [1.165, 1.54) is 96.3 Å². The van der Waals surface area contributed by atoms with E-state index < -0.39 is 0 Å². The van der Waals surface area contributed by atoms with Crippen LogP contribution in [0.15, 0.2) is 176 Å². The summed E-state index contributed by atoms with van der Waals surface area (Å²) in [5.41, 5.74) is 17.9. The Morgan fingerprint density at radius 3 is 1.63 bits per heavy atom. The van der Waals surface area contributed by atoms with E-state index >= 15 is 0 Å². The summed E-state index contributed by atoms with van der Waals surface area (Å²) in [5, 5.41) is 4.05. The van der Waals surface area contributed by atoms with Gasteiger partial charge in [0.15, 0.2) is 0 Å². The third-order valence-electron chi connectivity index (χ3n) is 13.3. The predicted octanol–water partition coefficient (Wildman–Crippen LogP) is 16.7. The molecule has 10 aromatic rings. The number of fused-ring (bicyclic) bond motifs is 11. The van der Waals surface area contributed by atoms with Crippen LogP contribution in [0.3, 0.4) is 0 Å². The maximum Gasteiger partial charge on any atom is 0.0465 e.